The number of hydrogen-bond donors (Lipinski definition) is 3. The van der Waals surface area contributed by atoms with Gasteiger partial charge in [0, 0.05) is 12.8 Å². The minimum Gasteiger partial charge on any atom is -0.480 e. The minimum absolute atomic E-state index is 0.113. The Morgan fingerprint density at radius 2 is 0.914 bits per heavy atom. The fourth-order valence-corrected chi connectivity index (χ4v) is 6.21. The number of nitrogens with two attached hydrogens (primary N) is 1. The van der Waals surface area contributed by atoms with Gasteiger partial charge in [-0.3, -0.25) is 23.4 Å². The van der Waals surface area contributed by atoms with Crippen LogP contribution in [0.1, 0.15) is 168 Å². The smallest absolute Gasteiger partial charge is 0.472 e. The standard InChI is InChI=1S/C46H78NO10P/c1-3-5-7-9-11-13-15-17-19-20-21-22-24-26-28-30-32-34-36-38-45(49)57-42(40-55-58(52,53)56-41-43(47)46(50)51)39-54-44(48)37-35-33-31-29-27-25-23-18-16-14-12-10-8-6-4-2/h11,13,17-19,21-23,26-29,42-43H,3-10,12,14-16,20,24-25,30-41,47H2,1-2H3,(H,50,51)(H,52,53)/b13-11+,19-17+,22-21+,23-18+,28-26+,29-27+/t42-,43+/m1/s1. The zero-order valence-corrected chi connectivity index (χ0v) is 36.8. The molecule has 0 saturated carbocycles. The fraction of sp³-hybridized carbons (Fsp3) is 0.674. The first kappa shape index (κ1) is 54.9. The molecule has 3 atom stereocenters. The van der Waals surface area contributed by atoms with Crippen molar-refractivity contribution in [1.29, 1.82) is 0 Å². The lowest BCUT2D eigenvalue weighted by atomic mass is 10.1. The SMILES string of the molecule is CCCCC/C=C/C/C=C/C/C=C/C/C=C/CCCCCC(=O)O[C@H](COC(=O)CCCC/C=C/C/C=C/CCCCCCCC)COP(=O)(O)OC[C@H](N)C(=O)O. The number of carbonyl (C=O) groups excluding carboxylic acids is 2. The van der Waals surface area contributed by atoms with Crippen LogP contribution in [0.4, 0.5) is 0 Å². The highest BCUT2D eigenvalue weighted by Gasteiger charge is 2.28. The number of carboxylic acids is 1. The van der Waals surface area contributed by atoms with Crippen molar-refractivity contribution in [3.8, 4) is 0 Å². The first-order valence-electron chi connectivity index (χ1n) is 22.0. The van der Waals surface area contributed by atoms with Crippen LogP contribution in [0, 0.1) is 0 Å². The van der Waals surface area contributed by atoms with Crippen LogP contribution in [0.2, 0.25) is 0 Å². The number of esters is 2. The van der Waals surface area contributed by atoms with Gasteiger partial charge in [0.2, 0.25) is 0 Å². The second-order valence-electron chi connectivity index (χ2n) is 14.5. The molecule has 58 heavy (non-hydrogen) atoms. The Balaban J connectivity index is 4.49. The van der Waals surface area contributed by atoms with E-state index in [9.17, 15) is 23.8 Å². The number of carboxylic acid groups (broad SMARTS) is 1. The molecule has 0 aromatic heterocycles. The lowest BCUT2D eigenvalue weighted by Crippen LogP contribution is -2.34. The van der Waals surface area contributed by atoms with Gasteiger partial charge in [-0.1, -0.05) is 138 Å². The van der Waals surface area contributed by atoms with Crippen LogP contribution in [-0.2, 0) is 37.5 Å². The lowest BCUT2D eigenvalue weighted by Gasteiger charge is -2.20. The third-order valence-corrected chi connectivity index (χ3v) is 9.88. The van der Waals surface area contributed by atoms with Gasteiger partial charge in [0.15, 0.2) is 6.10 Å². The van der Waals surface area contributed by atoms with Crippen molar-refractivity contribution in [2.75, 3.05) is 19.8 Å². The second kappa shape index (κ2) is 40.7. The summed E-state index contributed by atoms with van der Waals surface area (Å²) in [6, 6.07) is -1.53. The molecule has 0 aliphatic heterocycles. The molecule has 0 aromatic carbocycles. The molecule has 0 aromatic rings. The largest absolute Gasteiger partial charge is 0.480 e. The molecule has 332 valence electrons. The van der Waals surface area contributed by atoms with Crippen molar-refractivity contribution in [2.45, 2.75) is 180 Å². The molecule has 0 bridgehead atoms. The molecule has 0 spiro atoms. The van der Waals surface area contributed by atoms with Gasteiger partial charge in [0.05, 0.1) is 13.2 Å². The van der Waals surface area contributed by atoms with Crippen molar-refractivity contribution in [3.63, 3.8) is 0 Å². The summed E-state index contributed by atoms with van der Waals surface area (Å²) in [6.45, 7) is 2.69. The summed E-state index contributed by atoms with van der Waals surface area (Å²) in [5.74, 6) is -2.47. The van der Waals surface area contributed by atoms with Gasteiger partial charge in [-0.05, 0) is 89.9 Å². The van der Waals surface area contributed by atoms with Crippen LogP contribution in [-0.4, -0.2) is 59.9 Å². The molecule has 0 fully saturated rings. The fourth-order valence-electron chi connectivity index (χ4n) is 5.43. The van der Waals surface area contributed by atoms with Crippen LogP contribution < -0.4 is 5.73 Å². The van der Waals surface area contributed by atoms with Crippen molar-refractivity contribution < 1.29 is 47.5 Å². The Morgan fingerprint density at radius 3 is 1.43 bits per heavy atom. The number of carbonyl (C=O) groups is 3. The number of aliphatic carboxylic acids is 1. The van der Waals surface area contributed by atoms with Crippen molar-refractivity contribution in [3.05, 3.63) is 72.9 Å². The van der Waals surface area contributed by atoms with E-state index >= 15 is 0 Å². The van der Waals surface area contributed by atoms with E-state index in [0.717, 1.165) is 64.2 Å². The summed E-state index contributed by atoms with van der Waals surface area (Å²) in [6.07, 6.45) is 48.2. The summed E-state index contributed by atoms with van der Waals surface area (Å²) in [5.41, 5.74) is 5.33. The van der Waals surface area contributed by atoms with E-state index in [2.05, 4.69) is 91.3 Å². The Kier molecular flexibility index (Phi) is 38.5. The third kappa shape index (κ3) is 39.7. The zero-order chi connectivity index (χ0) is 42.8. The maximum Gasteiger partial charge on any atom is 0.472 e. The first-order chi connectivity index (χ1) is 28.1. The molecular weight excluding hydrogens is 757 g/mol. The van der Waals surface area contributed by atoms with Gasteiger partial charge in [-0.15, -0.1) is 0 Å². The monoisotopic (exact) mass is 836 g/mol. The summed E-state index contributed by atoms with van der Waals surface area (Å²) >= 11 is 0. The van der Waals surface area contributed by atoms with E-state index in [1.54, 1.807) is 0 Å². The molecule has 1 unspecified atom stereocenters. The van der Waals surface area contributed by atoms with Crippen LogP contribution in [0.15, 0.2) is 72.9 Å². The third-order valence-electron chi connectivity index (χ3n) is 8.93. The number of phosphoric ester groups is 1. The molecule has 0 aliphatic rings. The molecule has 0 radical (unpaired) electrons. The molecule has 0 heterocycles. The molecule has 0 saturated heterocycles. The summed E-state index contributed by atoms with van der Waals surface area (Å²) in [5, 5.41) is 8.89. The van der Waals surface area contributed by atoms with E-state index in [4.69, 9.17) is 24.8 Å². The highest BCUT2D eigenvalue weighted by atomic mass is 31.2. The van der Waals surface area contributed by atoms with Gasteiger partial charge in [0.1, 0.15) is 12.6 Å². The Morgan fingerprint density at radius 1 is 0.534 bits per heavy atom. The van der Waals surface area contributed by atoms with Crippen LogP contribution in [0.3, 0.4) is 0 Å². The number of phosphoric acid groups is 1. The average Bonchev–Trinajstić information content (AvgIpc) is 3.20. The maximum atomic E-state index is 12.6. The number of hydrogen-bond acceptors (Lipinski definition) is 9. The van der Waals surface area contributed by atoms with E-state index in [1.165, 1.54) is 64.2 Å². The predicted octanol–water partition coefficient (Wildman–Crippen LogP) is 11.7. The van der Waals surface area contributed by atoms with Crippen molar-refractivity contribution in [1.82, 2.24) is 0 Å². The molecule has 0 amide bonds. The van der Waals surface area contributed by atoms with Crippen LogP contribution in [0.25, 0.3) is 0 Å². The van der Waals surface area contributed by atoms with Gasteiger partial charge >= 0.3 is 25.7 Å². The normalized spacial score (nSPS) is 14.4. The molecule has 0 aliphatic carbocycles. The first-order valence-corrected chi connectivity index (χ1v) is 23.5. The van der Waals surface area contributed by atoms with Gasteiger partial charge in [0.25, 0.3) is 0 Å². The maximum absolute atomic E-state index is 12.6. The number of allylic oxidation sites excluding steroid dienone is 12. The van der Waals surface area contributed by atoms with Crippen molar-refractivity contribution in [2.24, 2.45) is 5.73 Å². The Hall–Kier alpha value is -3.08. The number of rotatable bonds is 40. The summed E-state index contributed by atoms with van der Waals surface area (Å²) in [4.78, 5) is 45.9. The Bertz CT molecular complexity index is 1260. The van der Waals surface area contributed by atoms with Gasteiger partial charge in [-0.2, -0.15) is 0 Å². The average molecular weight is 836 g/mol. The molecule has 12 heteroatoms. The van der Waals surface area contributed by atoms with Gasteiger partial charge in [-0.25, -0.2) is 4.57 Å². The van der Waals surface area contributed by atoms with E-state index in [0.29, 0.717) is 12.8 Å². The van der Waals surface area contributed by atoms with Crippen LogP contribution >= 0.6 is 7.82 Å². The highest BCUT2D eigenvalue weighted by molar-refractivity contribution is 7.47. The van der Waals surface area contributed by atoms with E-state index in [-0.39, 0.29) is 19.4 Å². The Labute approximate surface area is 350 Å². The van der Waals surface area contributed by atoms with Gasteiger partial charge < -0.3 is 25.2 Å². The number of unbranched alkanes of at least 4 members (excludes halogenated alkanes) is 14. The van der Waals surface area contributed by atoms with E-state index < -0.39 is 51.1 Å². The van der Waals surface area contributed by atoms with Crippen molar-refractivity contribution >= 4 is 25.7 Å². The molecule has 11 nitrogen and oxygen atoms in total. The number of ether oxygens (including phenoxy) is 2. The second-order valence-corrected chi connectivity index (χ2v) is 15.9. The lowest BCUT2D eigenvalue weighted by molar-refractivity contribution is -0.161. The molecule has 0 rings (SSSR count). The van der Waals surface area contributed by atoms with Crippen LogP contribution in [0.5, 0.6) is 0 Å². The topological polar surface area (TPSA) is 172 Å². The summed E-state index contributed by atoms with van der Waals surface area (Å²) < 4.78 is 32.6. The van der Waals surface area contributed by atoms with E-state index in [1.807, 2.05) is 0 Å². The highest BCUT2D eigenvalue weighted by Crippen LogP contribution is 2.43. The zero-order valence-electron chi connectivity index (χ0n) is 35.9. The summed E-state index contributed by atoms with van der Waals surface area (Å²) in [7, 11) is -4.74. The molecule has 4 N–H and O–H groups in total. The quantitative estimate of drug-likeness (QED) is 0.0232. The molecular formula is C46H78NO10P. The minimum atomic E-state index is -4.74. The predicted molar refractivity (Wildman–Crippen MR) is 235 cm³/mol.